The molecule has 2 aliphatic carbocycles. The van der Waals surface area contributed by atoms with Gasteiger partial charge in [0, 0.05) is 0 Å². The summed E-state index contributed by atoms with van der Waals surface area (Å²) in [6.07, 6.45) is 0. The number of carbonyl (C=O) groups excluding carboxylic acids is 3. The second-order valence-corrected chi connectivity index (χ2v) is 12.6. The molecule has 1 saturated heterocycles. The Morgan fingerprint density at radius 1 is 0.522 bits per heavy atom. The highest BCUT2D eigenvalue weighted by Crippen LogP contribution is 2.74. The van der Waals surface area contributed by atoms with Gasteiger partial charge in [-0.3, -0.25) is 14.4 Å². The van der Waals surface area contributed by atoms with E-state index >= 15 is 4.79 Å². The van der Waals surface area contributed by atoms with Crippen molar-refractivity contribution in [2.24, 2.45) is 11.8 Å². The molecule has 2 fully saturated rings. The van der Waals surface area contributed by atoms with Crippen LogP contribution in [0.4, 0.5) is 10.1 Å². The summed E-state index contributed by atoms with van der Waals surface area (Å²) < 4.78 is 14.0. The largest absolute Gasteiger partial charge is 0.297 e. The molecule has 1 aliphatic heterocycles. The number of amides is 2. The Kier molecular flexibility index (Phi) is 6.13. The number of benzene rings is 5. The molecule has 5 aromatic rings. The molecule has 0 radical (unpaired) electrons. The van der Waals surface area contributed by atoms with Crippen LogP contribution in [0.3, 0.4) is 0 Å². The van der Waals surface area contributed by atoms with Crippen LogP contribution >= 0.6 is 0 Å². The number of fused-ring (bicyclic) bond motifs is 5. The van der Waals surface area contributed by atoms with Crippen molar-refractivity contribution in [3.05, 3.63) is 173 Å². The molecule has 4 atom stereocenters. The summed E-state index contributed by atoms with van der Waals surface area (Å²) in [4.78, 5) is 46.9. The van der Waals surface area contributed by atoms with Gasteiger partial charge in [-0.05, 0) is 71.5 Å². The Bertz CT molecular complexity index is 1940. The van der Waals surface area contributed by atoms with E-state index in [1.54, 1.807) is 0 Å². The van der Waals surface area contributed by atoms with Crippen LogP contribution in [0.2, 0.25) is 0 Å². The lowest BCUT2D eigenvalue weighted by atomic mass is 9.59. The minimum Gasteiger partial charge on any atom is -0.297 e. The highest BCUT2D eigenvalue weighted by molar-refractivity contribution is 6.39. The van der Waals surface area contributed by atoms with Crippen molar-refractivity contribution in [1.82, 2.24) is 0 Å². The number of ketones is 1. The number of rotatable bonds is 5. The van der Waals surface area contributed by atoms with E-state index in [0.29, 0.717) is 11.1 Å². The first-order valence-electron chi connectivity index (χ1n) is 15.5. The average Bonchev–Trinajstić information content (AvgIpc) is 3.59. The Hall–Kier alpha value is -5.42. The van der Waals surface area contributed by atoms with Crippen LogP contribution in [-0.4, -0.2) is 17.6 Å². The van der Waals surface area contributed by atoms with Gasteiger partial charge in [-0.1, -0.05) is 120 Å². The molecule has 4 nitrogen and oxygen atoms in total. The van der Waals surface area contributed by atoms with E-state index in [9.17, 15) is 14.0 Å². The van der Waals surface area contributed by atoms with E-state index < -0.39 is 40.3 Å². The molecule has 224 valence electrons. The highest BCUT2D eigenvalue weighted by Gasteiger charge is 2.82. The van der Waals surface area contributed by atoms with Gasteiger partial charge < -0.3 is 0 Å². The van der Waals surface area contributed by atoms with Gasteiger partial charge in [-0.15, -0.1) is 0 Å². The number of nitrogens with zero attached hydrogens (tertiary/aromatic N) is 1. The molecule has 8 rings (SSSR count). The monoisotopic (exact) mass is 603 g/mol. The van der Waals surface area contributed by atoms with Crippen LogP contribution in [0.25, 0.3) is 11.1 Å². The zero-order chi connectivity index (χ0) is 31.8. The van der Waals surface area contributed by atoms with Crippen molar-refractivity contribution in [1.29, 1.82) is 0 Å². The third-order valence-corrected chi connectivity index (χ3v) is 10.2. The van der Waals surface area contributed by atoms with Crippen molar-refractivity contribution in [2.75, 3.05) is 4.90 Å². The molecule has 0 spiro atoms. The number of halogens is 1. The third-order valence-electron chi connectivity index (χ3n) is 10.2. The number of hydrogen-bond acceptors (Lipinski definition) is 3. The van der Waals surface area contributed by atoms with Gasteiger partial charge in [0.05, 0.1) is 28.4 Å². The number of anilines is 1. The SMILES string of the molecule is Cc1ccc(C2=C(c3ccc(C)cc3)[C@@]3(c4ccccc4)C(=O)[C@@]2(c2ccccc2)[C@@H]2C(=O)N(c4ccc(F)cc4)C(=O)[C@@H]23)cc1. The molecule has 5 heteroatoms. The summed E-state index contributed by atoms with van der Waals surface area (Å²) in [5.74, 6) is -3.59. The number of Topliss-reactive ketones (excluding diaryl/α,β-unsaturated/α-hetero) is 1. The zero-order valence-electron chi connectivity index (χ0n) is 25.4. The van der Waals surface area contributed by atoms with Gasteiger partial charge in [0.1, 0.15) is 5.82 Å². The predicted molar refractivity (Wildman–Crippen MR) is 176 cm³/mol. The van der Waals surface area contributed by atoms with Crippen molar-refractivity contribution >= 4 is 34.4 Å². The maximum absolute atomic E-state index is 15.9. The van der Waals surface area contributed by atoms with Gasteiger partial charge in [0.15, 0.2) is 5.78 Å². The molecule has 5 aromatic carbocycles. The molecule has 46 heavy (non-hydrogen) atoms. The first kappa shape index (κ1) is 28.1. The maximum Gasteiger partial charge on any atom is 0.239 e. The maximum atomic E-state index is 15.9. The molecule has 0 aromatic heterocycles. The zero-order valence-corrected chi connectivity index (χ0v) is 25.4. The van der Waals surface area contributed by atoms with E-state index in [0.717, 1.165) is 33.4 Å². The first-order valence-corrected chi connectivity index (χ1v) is 15.5. The van der Waals surface area contributed by atoms with Crippen LogP contribution in [-0.2, 0) is 25.2 Å². The quantitative estimate of drug-likeness (QED) is 0.194. The lowest BCUT2D eigenvalue weighted by Gasteiger charge is -2.39. The Morgan fingerprint density at radius 3 is 1.30 bits per heavy atom. The lowest BCUT2D eigenvalue weighted by molar-refractivity contribution is -0.130. The normalized spacial score (nSPS) is 25.0. The van der Waals surface area contributed by atoms with Gasteiger partial charge >= 0.3 is 0 Å². The molecule has 1 heterocycles. The molecule has 0 unspecified atom stereocenters. The standard InChI is InChI=1S/C41H30FNO3/c1-25-13-17-27(18-14-25)33-34(28-19-15-26(2)16-20-28)41(30-11-7-4-8-12-30)36-35(40(33,39(41)46)29-9-5-3-6-10-29)37(44)43(38(36)45)32-23-21-31(42)22-24-32/h3-24,35-36H,1-2H3/t35-,36+,40-,41-/m1/s1. The van der Waals surface area contributed by atoms with E-state index in [2.05, 4.69) is 0 Å². The fraction of sp³-hybridized carbons (Fsp3) is 0.146. The minimum absolute atomic E-state index is 0.168. The van der Waals surface area contributed by atoms with E-state index in [-0.39, 0.29) is 11.5 Å². The molecular formula is C41H30FNO3. The number of hydrogen-bond donors (Lipinski definition) is 0. The predicted octanol–water partition coefficient (Wildman–Crippen LogP) is 7.63. The van der Waals surface area contributed by atoms with Crippen LogP contribution in [0.1, 0.15) is 33.4 Å². The van der Waals surface area contributed by atoms with Gasteiger partial charge in [0.2, 0.25) is 11.8 Å². The first-order chi connectivity index (χ1) is 22.3. The van der Waals surface area contributed by atoms with Crippen LogP contribution in [0.15, 0.2) is 133 Å². The molecule has 1 saturated carbocycles. The number of aryl methyl sites for hydroxylation is 2. The summed E-state index contributed by atoms with van der Waals surface area (Å²) in [7, 11) is 0. The van der Waals surface area contributed by atoms with Crippen molar-refractivity contribution in [3.8, 4) is 0 Å². The number of allylic oxidation sites excluding steroid dienone is 2. The van der Waals surface area contributed by atoms with E-state index in [4.69, 9.17) is 0 Å². The summed E-state index contributed by atoms with van der Waals surface area (Å²) in [5.41, 5.74) is 3.98. The summed E-state index contributed by atoms with van der Waals surface area (Å²) in [6.45, 7) is 4.03. The summed E-state index contributed by atoms with van der Waals surface area (Å²) in [6, 6.07) is 40.5. The van der Waals surface area contributed by atoms with Crippen molar-refractivity contribution in [3.63, 3.8) is 0 Å². The number of carbonyl (C=O) groups is 3. The van der Waals surface area contributed by atoms with Crippen LogP contribution in [0.5, 0.6) is 0 Å². The smallest absolute Gasteiger partial charge is 0.239 e. The van der Waals surface area contributed by atoms with Gasteiger partial charge in [0.25, 0.3) is 0 Å². The van der Waals surface area contributed by atoms with Gasteiger partial charge in [-0.25, -0.2) is 9.29 Å². The number of imide groups is 1. The molecule has 2 bridgehead atoms. The summed E-state index contributed by atoms with van der Waals surface area (Å²) in [5, 5.41) is 0. The Balaban J connectivity index is 1.55. The van der Waals surface area contributed by atoms with Crippen LogP contribution < -0.4 is 4.90 Å². The van der Waals surface area contributed by atoms with Gasteiger partial charge in [-0.2, -0.15) is 0 Å². The highest BCUT2D eigenvalue weighted by atomic mass is 19.1. The van der Waals surface area contributed by atoms with Crippen molar-refractivity contribution in [2.45, 2.75) is 24.7 Å². The van der Waals surface area contributed by atoms with Crippen molar-refractivity contribution < 1.29 is 18.8 Å². The fourth-order valence-corrected chi connectivity index (χ4v) is 8.41. The topological polar surface area (TPSA) is 54.5 Å². The van der Waals surface area contributed by atoms with Crippen LogP contribution in [0, 0.1) is 31.5 Å². The second-order valence-electron chi connectivity index (χ2n) is 12.6. The minimum atomic E-state index is -1.47. The van der Waals surface area contributed by atoms with E-state index in [1.807, 2.05) is 123 Å². The Labute approximate surface area is 266 Å². The fourth-order valence-electron chi connectivity index (χ4n) is 8.41. The summed E-state index contributed by atoms with van der Waals surface area (Å²) >= 11 is 0. The lowest BCUT2D eigenvalue weighted by Crippen LogP contribution is -2.45. The van der Waals surface area contributed by atoms with E-state index in [1.165, 1.54) is 29.2 Å². The second kappa shape index (κ2) is 10.0. The molecule has 2 amide bonds. The molecule has 0 N–H and O–H groups in total. The molecule has 3 aliphatic rings. The molecular weight excluding hydrogens is 573 g/mol. The third kappa shape index (κ3) is 3.51. The Morgan fingerprint density at radius 2 is 0.913 bits per heavy atom. The average molecular weight is 604 g/mol.